The van der Waals surface area contributed by atoms with Crippen LogP contribution in [0.3, 0.4) is 0 Å². The van der Waals surface area contributed by atoms with Gasteiger partial charge < -0.3 is 15.0 Å². The molecule has 3 aromatic carbocycles. The highest BCUT2D eigenvalue weighted by Gasteiger charge is 2.34. The Morgan fingerprint density at radius 1 is 0.975 bits per heavy atom. The van der Waals surface area contributed by atoms with Crippen molar-refractivity contribution in [3.8, 4) is 5.75 Å². The van der Waals surface area contributed by atoms with Crippen molar-refractivity contribution in [2.75, 3.05) is 18.0 Å². The Hall–Kier alpha value is -3.92. The van der Waals surface area contributed by atoms with Crippen LogP contribution in [0.2, 0.25) is 0 Å². The van der Waals surface area contributed by atoms with Crippen LogP contribution in [0, 0.1) is 12.7 Å². The average molecular weight is 570 g/mol. The molecule has 0 fully saturated rings. The third-order valence-electron chi connectivity index (χ3n) is 6.46. The fourth-order valence-electron chi connectivity index (χ4n) is 4.28. The summed E-state index contributed by atoms with van der Waals surface area (Å²) in [6.45, 7) is 6.87. The molecule has 0 saturated carbocycles. The summed E-state index contributed by atoms with van der Waals surface area (Å²) in [6, 6.07) is 17.2. The molecule has 0 aromatic heterocycles. The molecular formula is C30H36FN3O5S. The van der Waals surface area contributed by atoms with E-state index in [4.69, 9.17) is 4.74 Å². The number of rotatable bonds is 12. The highest BCUT2D eigenvalue weighted by Crippen LogP contribution is 2.26. The Labute approximate surface area is 235 Å². The van der Waals surface area contributed by atoms with Gasteiger partial charge in [0.15, 0.2) is 0 Å². The number of nitrogens with zero attached hydrogens (tertiary/aromatic N) is 2. The molecule has 214 valence electrons. The lowest BCUT2D eigenvalue weighted by atomic mass is 10.1. The van der Waals surface area contributed by atoms with E-state index in [0.29, 0.717) is 12.2 Å². The number of methoxy groups -OCH3 is 1. The van der Waals surface area contributed by atoms with Gasteiger partial charge in [-0.15, -0.1) is 0 Å². The predicted octanol–water partition coefficient (Wildman–Crippen LogP) is 4.67. The van der Waals surface area contributed by atoms with E-state index in [-0.39, 0.29) is 29.1 Å². The van der Waals surface area contributed by atoms with E-state index in [1.165, 1.54) is 48.4 Å². The van der Waals surface area contributed by atoms with Gasteiger partial charge in [0.05, 0.1) is 17.7 Å². The van der Waals surface area contributed by atoms with Gasteiger partial charge in [0, 0.05) is 12.6 Å². The van der Waals surface area contributed by atoms with Crippen LogP contribution in [0.15, 0.2) is 77.7 Å². The molecule has 0 saturated heterocycles. The molecular weight excluding hydrogens is 533 g/mol. The number of carbonyl (C=O) groups is 2. The number of anilines is 1. The summed E-state index contributed by atoms with van der Waals surface area (Å²) in [4.78, 5) is 28.6. The first kappa shape index (κ1) is 30.6. The minimum atomic E-state index is -4.27. The summed E-state index contributed by atoms with van der Waals surface area (Å²) >= 11 is 0. The van der Waals surface area contributed by atoms with Gasteiger partial charge in [-0.2, -0.15) is 0 Å². The van der Waals surface area contributed by atoms with Crippen LogP contribution in [-0.2, 0) is 26.2 Å². The summed E-state index contributed by atoms with van der Waals surface area (Å²) < 4.78 is 47.5. The van der Waals surface area contributed by atoms with E-state index in [9.17, 15) is 22.4 Å². The van der Waals surface area contributed by atoms with Crippen LogP contribution in [0.25, 0.3) is 0 Å². The quantitative estimate of drug-likeness (QED) is 0.342. The smallest absolute Gasteiger partial charge is 0.264 e. The van der Waals surface area contributed by atoms with E-state index in [1.807, 2.05) is 45.0 Å². The molecule has 0 aliphatic carbocycles. The van der Waals surface area contributed by atoms with Crippen LogP contribution in [0.5, 0.6) is 5.75 Å². The van der Waals surface area contributed by atoms with Gasteiger partial charge in [-0.25, -0.2) is 12.8 Å². The zero-order chi connectivity index (χ0) is 29.4. The molecule has 40 heavy (non-hydrogen) atoms. The standard InChI is InChI=1S/C30H36FN3O5S/c1-6-28(30(36)32-21(2)3)33(19-23-10-8-7-9-22(23)4)29(35)20-34(25-13-11-24(31)12-14-25)40(37,38)27-17-15-26(39-5)16-18-27/h7-18,21,28H,6,19-20H2,1-5H3,(H,32,36)/t28-/m1/s1. The average Bonchev–Trinajstić information content (AvgIpc) is 2.92. The molecule has 0 aliphatic rings. The van der Waals surface area contributed by atoms with Crippen molar-refractivity contribution in [3.63, 3.8) is 0 Å². The lowest BCUT2D eigenvalue weighted by molar-refractivity contribution is -0.140. The van der Waals surface area contributed by atoms with E-state index in [1.54, 1.807) is 6.92 Å². The normalized spacial score (nSPS) is 12.1. The molecule has 0 bridgehead atoms. The second-order valence-corrected chi connectivity index (χ2v) is 11.6. The number of sulfonamides is 1. The van der Waals surface area contributed by atoms with E-state index >= 15 is 0 Å². The Bertz CT molecular complexity index is 1410. The number of aryl methyl sites for hydroxylation is 1. The van der Waals surface area contributed by atoms with Crippen molar-refractivity contribution in [1.82, 2.24) is 10.2 Å². The van der Waals surface area contributed by atoms with Gasteiger partial charge in [-0.05, 0) is 86.8 Å². The zero-order valence-corrected chi connectivity index (χ0v) is 24.2. The molecule has 0 spiro atoms. The first-order chi connectivity index (χ1) is 19.0. The molecule has 1 N–H and O–H groups in total. The fraction of sp³-hybridized carbons (Fsp3) is 0.333. The number of carbonyl (C=O) groups excluding carboxylic acids is 2. The van der Waals surface area contributed by atoms with Crippen molar-refractivity contribution in [3.05, 3.63) is 89.7 Å². The Morgan fingerprint density at radius 2 is 1.60 bits per heavy atom. The van der Waals surface area contributed by atoms with Crippen molar-refractivity contribution in [1.29, 1.82) is 0 Å². The zero-order valence-electron chi connectivity index (χ0n) is 23.4. The number of ether oxygens (including phenoxy) is 1. The third kappa shape index (κ3) is 7.38. The fourth-order valence-corrected chi connectivity index (χ4v) is 5.70. The summed E-state index contributed by atoms with van der Waals surface area (Å²) in [6.07, 6.45) is 0.317. The Kier molecular flexibility index (Phi) is 10.3. The molecule has 3 rings (SSSR count). The lowest BCUT2D eigenvalue weighted by Crippen LogP contribution is -2.53. The second-order valence-electron chi connectivity index (χ2n) is 9.70. The maximum atomic E-state index is 14.0. The summed E-state index contributed by atoms with van der Waals surface area (Å²) in [7, 11) is -2.80. The van der Waals surface area contributed by atoms with E-state index in [0.717, 1.165) is 27.6 Å². The number of halogens is 1. The van der Waals surface area contributed by atoms with Crippen LogP contribution >= 0.6 is 0 Å². The van der Waals surface area contributed by atoms with Crippen molar-refractivity contribution >= 4 is 27.5 Å². The van der Waals surface area contributed by atoms with Crippen molar-refractivity contribution in [2.24, 2.45) is 0 Å². The van der Waals surface area contributed by atoms with Crippen molar-refractivity contribution in [2.45, 2.75) is 57.6 Å². The van der Waals surface area contributed by atoms with Gasteiger partial charge in [0.2, 0.25) is 11.8 Å². The molecule has 10 heteroatoms. The van der Waals surface area contributed by atoms with E-state index in [2.05, 4.69) is 5.32 Å². The molecule has 0 radical (unpaired) electrons. The molecule has 0 heterocycles. The van der Waals surface area contributed by atoms with Crippen LogP contribution < -0.4 is 14.4 Å². The number of benzene rings is 3. The van der Waals surface area contributed by atoms with Crippen LogP contribution in [-0.4, -0.2) is 50.9 Å². The SMILES string of the molecule is CC[C@H](C(=O)NC(C)C)N(Cc1ccccc1C)C(=O)CN(c1ccc(F)cc1)S(=O)(=O)c1ccc(OC)cc1. The highest BCUT2D eigenvalue weighted by molar-refractivity contribution is 7.92. The topological polar surface area (TPSA) is 96.0 Å². The predicted molar refractivity (Wildman–Crippen MR) is 153 cm³/mol. The minimum absolute atomic E-state index is 0.0690. The molecule has 0 aliphatic heterocycles. The number of nitrogens with one attached hydrogen (secondary N) is 1. The van der Waals surface area contributed by atoms with Crippen LogP contribution in [0.4, 0.5) is 10.1 Å². The summed E-state index contributed by atoms with van der Waals surface area (Å²) in [5.41, 5.74) is 1.87. The summed E-state index contributed by atoms with van der Waals surface area (Å²) in [5.74, 6) is -0.981. The molecule has 2 amide bonds. The Morgan fingerprint density at radius 3 is 2.15 bits per heavy atom. The number of hydrogen-bond acceptors (Lipinski definition) is 5. The van der Waals surface area contributed by atoms with Gasteiger partial charge >= 0.3 is 0 Å². The second kappa shape index (κ2) is 13.4. The molecule has 3 aromatic rings. The largest absolute Gasteiger partial charge is 0.497 e. The first-order valence-electron chi connectivity index (χ1n) is 13.0. The summed E-state index contributed by atoms with van der Waals surface area (Å²) in [5, 5.41) is 2.87. The third-order valence-corrected chi connectivity index (χ3v) is 8.25. The maximum Gasteiger partial charge on any atom is 0.264 e. The van der Waals surface area contributed by atoms with Crippen LogP contribution in [0.1, 0.15) is 38.3 Å². The monoisotopic (exact) mass is 569 g/mol. The van der Waals surface area contributed by atoms with Gasteiger partial charge in [0.25, 0.3) is 10.0 Å². The maximum absolute atomic E-state index is 14.0. The molecule has 0 unspecified atom stereocenters. The molecule has 1 atom stereocenters. The highest BCUT2D eigenvalue weighted by atomic mass is 32.2. The molecule has 8 nitrogen and oxygen atoms in total. The number of amides is 2. The van der Waals surface area contributed by atoms with Gasteiger partial charge in [-0.3, -0.25) is 13.9 Å². The van der Waals surface area contributed by atoms with E-state index < -0.39 is 34.3 Å². The number of hydrogen-bond donors (Lipinski definition) is 1. The van der Waals surface area contributed by atoms with Crippen molar-refractivity contribution < 1.29 is 27.1 Å². The minimum Gasteiger partial charge on any atom is -0.497 e. The van der Waals surface area contributed by atoms with Gasteiger partial charge in [0.1, 0.15) is 24.2 Å². The first-order valence-corrected chi connectivity index (χ1v) is 14.5. The Balaban J connectivity index is 2.07. The lowest BCUT2D eigenvalue weighted by Gasteiger charge is -2.34. The van der Waals surface area contributed by atoms with Gasteiger partial charge in [-0.1, -0.05) is 31.2 Å².